The Hall–Kier alpha value is -1.44. The van der Waals surface area contributed by atoms with E-state index in [0.29, 0.717) is 4.47 Å². The van der Waals surface area contributed by atoms with Crippen LogP contribution in [0.2, 0.25) is 0 Å². The first-order valence-corrected chi connectivity index (χ1v) is 6.21. The minimum atomic E-state index is -3.97. The average molecular weight is 259 g/mol. The lowest BCUT2D eigenvalue weighted by atomic mass is 10.4. The van der Waals surface area contributed by atoms with Crippen molar-refractivity contribution in [2.45, 2.75) is 17.9 Å². The third kappa shape index (κ3) is 2.82. The van der Waals surface area contributed by atoms with E-state index in [1.165, 1.54) is 19.1 Å². The number of hydrogen-bond acceptors (Lipinski definition) is 4. The molecule has 7 heteroatoms. The van der Waals surface area contributed by atoms with Crippen LogP contribution in [0.5, 0.6) is 0 Å². The van der Waals surface area contributed by atoms with Gasteiger partial charge in [-0.3, -0.25) is 9.63 Å². The molecule has 0 saturated heterocycles. The Morgan fingerprint density at radius 1 is 1.35 bits per heavy atom. The van der Waals surface area contributed by atoms with Crippen LogP contribution in [0.25, 0.3) is 0 Å². The topological polar surface area (TPSA) is 83.9 Å². The molecule has 1 unspecified atom stereocenters. The molecule has 1 atom stereocenters. The van der Waals surface area contributed by atoms with E-state index < -0.39 is 22.0 Å². The lowest BCUT2D eigenvalue weighted by molar-refractivity contribution is -0.154. The monoisotopic (exact) mass is 259 g/mol. The lowest BCUT2D eigenvalue weighted by Crippen LogP contribution is -2.42. The van der Waals surface area contributed by atoms with Crippen molar-refractivity contribution in [2.24, 2.45) is 0 Å². The van der Waals surface area contributed by atoms with Gasteiger partial charge >= 0.3 is 5.97 Å². The predicted octanol–water partition coefficient (Wildman–Crippen LogP) is 0.712. The summed E-state index contributed by atoms with van der Waals surface area (Å²) in [5.41, 5.74) is 0. The van der Waals surface area contributed by atoms with Crippen LogP contribution in [-0.2, 0) is 19.7 Å². The van der Waals surface area contributed by atoms with E-state index in [9.17, 15) is 13.2 Å². The van der Waals surface area contributed by atoms with Gasteiger partial charge in [-0.05, 0) is 19.1 Å². The smallest absolute Gasteiger partial charge is 0.324 e. The van der Waals surface area contributed by atoms with Crippen LogP contribution in [0, 0.1) is 0 Å². The number of carboxylic acid groups (broad SMARTS) is 1. The number of carbonyl (C=O) groups is 1. The summed E-state index contributed by atoms with van der Waals surface area (Å²) in [5.74, 6) is -1.29. The first kappa shape index (κ1) is 13.6. The number of rotatable bonds is 5. The van der Waals surface area contributed by atoms with Crippen molar-refractivity contribution in [1.82, 2.24) is 4.47 Å². The second-order valence-electron chi connectivity index (χ2n) is 3.27. The zero-order valence-corrected chi connectivity index (χ0v) is 10.2. The summed E-state index contributed by atoms with van der Waals surface area (Å²) in [7, 11) is -2.85. The normalized spacial score (nSPS) is 13.6. The van der Waals surface area contributed by atoms with Crippen LogP contribution in [0.1, 0.15) is 6.92 Å². The van der Waals surface area contributed by atoms with Gasteiger partial charge in [0.05, 0.1) is 12.0 Å². The van der Waals surface area contributed by atoms with Crippen molar-refractivity contribution in [3.63, 3.8) is 0 Å². The molecule has 1 rings (SSSR count). The molecule has 17 heavy (non-hydrogen) atoms. The molecule has 1 N–H and O–H groups in total. The number of aliphatic carboxylic acids is 1. The predicted molar refractivity (Wildman–Crippen MR) is 59.6 cm³/mol. The Morgan fingerprint density at radius 2 is 1.88 bits per heavy atom. The highest BCUT2D eigenvalue weighted by molar-refractivity contribution is 7.89. The number of hydrogen-bond donors (Lipinski definition) is 1. The fourth-order valence-electron chi connectivity index (χ4n) is 1.25. The van der Waals surface area contributed by atoms with Crippen LogP contribution in [0.3, 0.4) is 0 Å². The molecule has 0 radical (unpaired) electrons. The van der Waals surface area contributed by atoms with Crippen molar-refractivity contribution in [3.8, 4) is 0 Å². The Labute approximate surface area is 99.4 Å². The highest BCUT2D eigenvalue weighted by Gasteiger charge is 2.33. The largest absolute Gasteiger partial charge is 0.480 e. The van der Waals surface area contributed by atoms with Crippen molar-refractivity contribution in [1.29, 1.82) is 0 Å². The van der Waals surface area contributed by atoms with Gasteiger partial charge in [0.15, 0.2) is 0 Å². The summed E-state index contributed by atoms with van der Waals surface area (Å²) in [5, 5.41) is 8.81. The Morgan fingerprint density at radius 3 is 2.29 bits per heavy atom. The summed E-state index contributed by atoms with van der Waals surface area (Å²) in [4.78, 5) is 15.4. The van der Waals surface area contributed by atoms with E-state index in [1.54, 1.807) is 18.2 Å². The molecule has 0 spiro atoms. The standard InChI is InChI=1S/C10H13NO5S/c1-8(10(12)13)11(16-2)17(14,15)9-6-4-3-5-7-9/h3-8H,1-2H3,(H,12,13). The molecular weight excluding hydrogens is 246 g/mol. The molecule has 0 aromatic heterocycles. The zero-order chi connectivity index (χ0) is 13.1. The van der Waals surface area contributed by atoms with E-state index in [0.717, 1.165) is 7.11 Å². The number of nitrogens with zero attached hydrogens (tertiary/aromatic N) is 1. The highest BCUT2D eigenvalue weighted by atomic mass is 32.2. The average Bonchev–Trinajstić information content (AvgIpc) is 2.30. The first-order valence-electron chi connectivity index (χ1n) is 4.77. The molecule has 94 valence electrons. The van der Waals surface area contributed by atoms with Gasteiger partial charge in [-0.2, -0.15) is 0 Å². The lowest BCUT2D eigenvalue weighted by Gasteiger charge is -2.22. The number of benzene rings is 1. The fraction of sp³-hybridized carbons (Fsp3) is 0.300. The number of sulfonamides is 1. The molecule has 0 fully saturated rings. The number of carboxylic acids is 1. The molecule has 1 aromatic rings. The summed E-state index contributed by atoms with van der Waals surface area (Å²) < 4.78 is 24.6. The van der Waals surface area contributed by atoms with E-state index in [-0.39, 0.29) is 4.90 Å². The van der Waals surface area contributed by atoms with Gasteiger partial charge in [0, 0.05) is 0 Å². The van der Waals surface area contributed by atoms with Crippen LogP contribution in [0.4, 0.5) is 0 Å². The Kier molecular flexibility index (Phi) is 4.22. The molecule has 6 nitrogen and oxygen atoms in total. The summed E-state index contributed by atoms with van der Waals surface area (Å²) >= 11 is 0. The van der Waals surface area contributed by atoms with Gasteiger partial charge in [-0.1, -0.05) is 22.7 Å². The van der Waals surface area contributed by atoms with Crippen LogP contribution >= 0.6 is 0 Å². The first-order chi connectivity index (χ1) is 7.91. The molecular formula is C10H13NO5S. The van der Waals surface area contributed by atoms with E-state index in [4.69, 9.17) is 5.11 Å². The van der Waals surface area contributed by atoms with Crippen LogP contribution in [-0.4, -0.2) is 37.1 Å². The molecule has 0 bridgehead atoms. The molecule has 0 saturated carbocycles. The molecule has 0 amide bonds. The second kappa shape index (κ2) is 5.26. The summed E-state index contributed by atoms with van der Waals surface area (Å²) in [6.45, 7) is 1.23. The minimum absolute atomic E-state index is 0.0186. The quantitative estimate of drug-likeness (QED) is 0.787. The molecule has 0 heterocycles. The SMILES string of the molecule is CON(C(C)C(=O)O)S(=O)(=O)c1ccccc1. The van der Waals surface area contributed by atoms with Crippen LogP contribution in [0.15, 0.2) is 35.2 Å². The number of hydroxylamine groups is 1. The molecule has 0 aliphatic rings. The molecule has 1 aromatic carbocycles. The van der Waals surface area contributed by atoms with Gasteiger partial charge in [-0.15, -0.1) is 0 Å². The van der Waals surface area contributed by atoms with Gasteiger partial charge in [-0.25, -0.2) is 8.42 Å². The fourth-order valence-corrected chi connectivity index (χ4v) is 2.66. The van der Waals surface area contributed by atoms with E-state index in [1.807, 2.05) is 0 Å². The highest BCUT2D eigenvalue weighted by Crippen LogP contribution is 2.17. The zero-order valence-electron chi connectivity index (χ0n) is 9.40. The third-order valence-corrected chi connectivity index (χ3v) is 3.94. The van der Waals surface area contributed by atoms with Crippen molar-refractivity contribution in [2.75, 3.05) is 7.11 Å². The maximum absolute atomic E-state index is 12.0. The van der Waals surface area contributed by atoms with Crippen molar-refractivity contribution in [3.05, 3.63) is 30.3 Å². The third-order valence-electron chi connectivity index (χ3n) is 2.13. The van der Waals surface area contributed by atoms with E-state index >= 15 is 0 Å². The summed E-state index contributed by atoms with van der Waals surface area (Å²) in [6.07, 6.45) is 0. The molecule has 0 aliphatic heterocycles. The van der Waals surface area contributed by atoms with Crippen molar-refractivity contribution < 1.29 is 23.2 Å². The van der Waals surface area contributed by atoms with Crippen LogP contribution < -0.4 is 0 Å². The Bertz CT molecular complexity index is 485. The molecule has 0 aliphatic carbocycles. The van der Waals surface area contributed by atoms with E-state index in [2.05, 4.69) is 4.84 Å². The van der Waals surface area contributed by atoms with Gasteiger partial charge < -0.3 is 5.11 Å². The Balaban J connectivity index is 3.16. The van der Waals surface area contributed by atoms with Gasteiger partial charge in [0.25, 0.3) is 10.0 Å². The van der Waals surface area contributed by atoms with Gasteiger partial charge in [0.1, 0.15) is 6.04 Å². The maximum Gasteiger partial charge on any atom is 0.324 e. The summed E-state index contributed by atoms with van der Waals surface area (Å²) in [6, 6.07) is 6.20. The van der Waals surface area contributed by atoms with Crippen molar-refractivity contribution >= 4 is 16.0 Å². The second-order valence-corrected chi connectivity index (χ2v) is 5.05. The maximum atomic E-state index is 12.0. The van der Waals surface area contributed by atoms with Gasteiger partial charge in [0.2, 0.25) is 0 Å². The minimum Gasteiger partial charge on any atom is -0.480 e.